The van der Waals surface area contributed by atoms with E-state index in [4.69, 9.17) is 9.47 Å². The molecular formula is C28H33NO4. The number of carbonyl (C=O) groups is 2. The molecule has 0 saturated carbocycles. The maximum Gasteiger partial charge on any atom is 0.225 e. The van der Waals surface area contributed by atoms with Crippen molar-refractivity contribution in [2.45, 2.75) is 58.3 Å². The van der Waals surface area contributed by atoms with Crippen molar-refractivity contribution in [2.24, 2.45) is 5.92 Å². The van der Waals surface area contributed by atoms with Crippen LogP contribution in [0, 0.1) is 5.92 Å². The van der Waals surface area contributed by atoms with Crippen LogP contribution >= 0.6 is 0 Å². The van der Waals surface area contributed by atoms with Crippen LogP contribution in [-0.4, -0.2) is 24.9 Å². The molecule has 0 fully saturated rings. The highest BCUT2D eigenvalue weighted by Crippen LogP contribution is 2.44. The summed E-state index contributed by atoms with van der Waals surface area (Å²) in [5.74, 6) is 1.91. The number of rotatable bonds is 8. The Morgan fingerprint density at radius 2 is 1.73 bits per heavy atom. The van der Waals surface area contributed by atoms with E-state index in [1.54, 1.807) is 0 Å². The Morgan fingerprint density at radius 1 is 0.970 bits per heavy atom. The van der Waals surface area contributed by atoms with E-state index >= 15 is 0 Å². The van der Waals surface area contributed by atoms with Gasteiger partial charge in [0, 0.05) is 35.6 Å². The highest BCUT2D eigenvalue weighted by Gasteiger charge is 2.39. The molecule has 2 aliphatic rings. The van der Waals surface area contributed by atoms with Crippen LogP contribution in [0.1, 0.15) is 69.4 Å². The highest BCUT2D eigenvalue weighted by atomic mass is 16.5. The molecule has 0 spiro atoms. The minimum atomic E-state index is -0.262. The minimum Gasteiger partial charge on any atom is -0.493 e. The first kappa shape index (κ1) is 23.1. The fourth-order valence-corrected chi connectivity index (χ4v) is 4.67. The van der Waals surface area contributed by atoms with Crippen LogP contribution in [0.5, 0.6) is 11.5 Å². The molecule has 5 heteroatoms. The number of hydrogen-bond acceptors (Lipinski definition) is 4. The predicted octanol–water partition coefficient (Wildman–Crippen LogP) is 5.51. The summed E-state index contributed by atoms with van der Waals surface area (Å²) >= 11 is 0. The first-order valence-corrected chi connectivity index (χ1v) is 12.0. The summed E-state index contributed by atoms with van der Waals surface area (Å²) in [5.41, 5.74) is 3.53. The van der Waals surface area contributed by atoms with E-state index in [-0.39, 0.29) is 29.9 Å². The van der Waals surface area contributed by atoms with Crippen molar-refractivity contribution >= 4 is 11.7 Å². The first-order chi connectivity index (χ1) is 16.0. The van der Waals surface area contributed by atoms with Gasteiger partial charge in [-0.05, 0) is 48.4 Å². The van der Waals surface area contributed by atoms with Gasteiger partial charge in [-0.3, -0.25) is 9.59 Å². The molecule has 174 valence electrons. The smallest absolute Gasteiger partial charge is 0.225 e. The third-order valence-electron chi connectivity index (χ3n) is 6.23. The maximum absolute atomic E-state index is 13.4. The number of amides is 1. The normalized spacial score (nSPS) is 20.5. The number of hydrogen-bond donors (Lipinski definition) is 1. The van der Waals surface area contributed by atoms with Crippen LogP contribution < -0.4 is 14.8 Å². The van der Waals surface area contributed by atoms with Gasteiger partial charge in [-0.25, -0.2) is 0 Å². The van der Waals surface area contributed by atoms with E-state index in [0.29, 0.717) is 32.0 Å². The molecular weight excluding hydrogens is 414 g/mol. The molecule has 2 atom stereocenters. The lowest BCUT2D eigenvalue weighted by atomic mass is 9.73. The molecule has 1 amide bonds. The Labute approximate surface area is 196 Å². The van der Waals surface area contributed by atoms with Crippen LogP contribution in [0.15, 0.2) is 59.8 Å². The van der Waals surface area contributed by atoms with E-state index in [2.05, 4.69) is 26.1 Å². The van der Waals surface area contributed by atoms with Gasteiger partial charge in [-0.2, -0.15) is 0 Å². The number of benzene rings is 2. The molecule has 2 aromatic rings. The lowest BCUT2D eigenvalue weighted by Crippen LogP contribution is -2.38. The fourth-order valence-electron chi connectivity index (χ4n) is 4.67. The van der Waals surface area contributed by atoms with E-state index in [9.17, 15) is 9.59 Å². The number of allylic oxidation sites excluding steroid dienone is 2. The van der Waals surface area contributed by atoms with Crippen LogP contribution in [0.4, 0.5) is 0 Å². The van der Waals surface area contributed by atoms with Crippen molar-refractivity contribution in [1.82, 2.24) is 5.32 Å². The van der Waals surface area contributed by atoms with Crippen molar-refractivity contribution in [2.75, 3.05) is 13.2 Å². The molecule has 5 nitrogen and oxygen atoms in total. The van der Waals surface area contributed by atoms with Gasteiger partial charge in [0.1, 0.15) is 11.5 Å². The van der Waals surface area contributed by atoms with Crippen LogP contribution in [0.3, 0.4) is 0 Å². The van der Waals surface area contributed by atoms with E-state index in [0.717, 1.165) is 40.3 Å². The Hall–Kier alpha value is -3.08. The lowest BCUT2D eigenvalue weighted by molar-refractivity contribution is -0.122. The SMILES string of the molecule is CCCOc1ccccc1C1CC(=O)NC2=C1C(=O)CC(c1ccc(OCC(C)C)cc1)C2. The molecule has 0 radical (unpaired) electrons. The predicted molar refractivity (Wildman–Crippen MR) is 129 cm³/mol. The summed E-state index contributed by atoms with van der Waals surface area (Å²) in [4.78, 5) is 26.0. The van der Waals surface area contributed by atoms with Crippen LogP contribution in [-0.2, 0) is 9.59 Å². The Balaban J connectivity index is 1.59. The van der Waals surface area contributed by atoms with Crippen molar-refractivity contribution in [3.63, 3.8) is 0 Å². The second-order valence-electron chi connectivity index (χ2n) is 9.39. The number of ketones is 1. The molecule has 0 saturated heterocycles. The Morgan fingerprint density at radius 3 is 2.45 bits per heavy atom. The Bertz CT molecular complexity index is 1040. The standard InChI is InChI=1S/C28H33NO4/c1-4-13-32-26-8-6-5-7-22(26)23-16-27(31)29-24-14-20(15-25(30)28(23)24)19-9-11-21(12-10-19)33-17-18(2)3/h5-12,18,20,23H,4,13-17H2,1-3H3,(H,29,31). The average Bonchev–Trinajstić information content (AvgIpc) is 2.81. The van der Waals surface area contributed by atoms with E-state index in [1.165, 1.54) is 0 Å². The van der Waals surface area contributed by atoms with Crippen LogP contribution in [0.2, 0.25) is 0 Å². The number of para-hydroxylation sites is 1. The zero-order chi connectivity index (χ0) is 23.4. The summed E-state index contributed by atoms with van der Waals surface area (Å²) in [5, 5.41) is 3.01. The topological polar surface area (TPSA) is 64.6 Å². The first-order valence-electron chi connectivity index (χ1n) is 12.0. The molecule has 1 aliphatic heterocycles. The monoisotopic (exact) mass is 447 g/mol. The number of nitrogens with one attached hydrogen (secondary N) is 1. The van der Waals surface area contributed by atoms with Crippen molar-refractivity contribution in [3.8, 4) is 11.5 Å². The summed E-state index contributed by atoms with van der Waals surface area (Å²) in [6, 6.07) is 15.8. The van der Waals surface area contributed by atoms with E-state index < -0.39 is 0 Å². The third-order valence-corrected chi connectivity index (χ3v) is 6.23. The molecule has 1 heterocycles. The quantitative estimate of drug-likeness (QED) is 0.579. The molecule has 2 unspecified atom stereocenters. The number of ether oxygens (including phenoxy) is 2. The van der Waals surface area contributed by atoms with Crippen molar-refractivity contribution < 1.29 is 19.1 Å². The van der Waals surface area contributed by atoms with Gasteiger partial charge < -0.3 is 14.8 Å². The van der Waals surface area contributed by atoms with E-state index in [1.807, 2.05) is 48.5 Å². The fraction of sp³-hybridized carbons (Fsp3) is 0.429. The average molecular weight is 448 g/mol. The molecule has 0 bridgehead atoms. The van der Waals surface area contributed by atoms with Gasteiger partial charge in [0.25, 0.3) is 0 Å². The van der Waals surface area contributed by atoms with Gasteiger partial charge >= 0.3 is 0 Å². The Kier molecular flexibility index (Phi) is 7.17. The second kappa shape index (κ2) is 10.2. The van der Waals surface area contributed by atoms with Gasteiger partial charge in [0.2, 0.25) is 5.91 Å². The van der Waals surface area contributed by atoms with Crippen LogP contribution in [0.25, 0.3) is 0 Å². The summed E-state index contributed by atoms with van der Waals surface area (Å²) < 4.78 is 11.7. The minimum absolute atomic E-state index is 0.0426. The largest absolute Gasteiger partial charge is 0.493 e. The molecule has 4 rings (SSSR count). The molecule has 33 heavy (non-hydrogen) atoms. The van der Waals surface area contributed by atoms with Gasteiger partial charge in [0.15, 0.2) is 5.78 Å². The molecule has 0 aromatic heterocycles. The van der Waals surface area contributed by atoms with Gasteiger partial charge in [0.05, 0.1) is 13.2 Å². The molecule has 2 aromatic carbocycles. The molecule has 1 N–H and O–H groups in total. The maximum atomic E-state index is 13.4. The van der Waals surface area contributed by atoms with Crippen molar-refractivity contribution in [3.05, 3.63) is 70.9 Å². The zero-order valence-electron chi connectivity index (χ0n) is 19.7. The zero-order valence-corrected chi connectivity index (χ0v) is 19.7. The highest BCUT2D eigenvalue weighted by molar-refractivity contribution is 6.02. The van der Waals surface area contributed by atoms with Gasteiger partial charge in [-0.15, -0.1) is 0 Å². The summed E-state index contributed by atoms with van der Waals surface area (Å²) in [6.45, 7) is 7.58. The number of Topliss-reactive ketones (excluding diaryl/α,β-unsaturated/α-hetero) is 1. The lowest BCUT2D eigenvalue weighted by Gasteiger charge is -2.35. The third kappa shape index (κ3) is 5.29. The summed E-state index contributed by atoms with van der Waals surface area (Å²) in [6.07, 6.45) is 2.25. The number of carbonyl (C=O) groups excluding carboxylic acids is 2. The second-order valence-corrected chi connectivity index (χ2v) is 9.39. The summed E-state index contributed by atoms with van der Waals surface area (Å²) in [7, 11) is 0. The van der Waals surface area contributed by atoms with Gasteiger partial charge in [-0.1, -0.05) is 51.1 Å². The van der Waals surface area contributed by atoms with Crippen molar-refractivity contribution in [1.29, 1.82) is 0 Å². The molecule has 1 aliphatic carbocycles.